The van der Waals surface area contributed by atoms with Gasteiger partial charge in [0.05, 0.1) is 10.6 Å². The van der Waals surface area contributed by atoms with Gasteiger partial charge in [-0.2, -0.15) is 0 Å². The number of methoxy groups -OCH3 is 1. The standard InChI is InChI=1S/C11H14BrF2NO/c1-6(16-2)5-9(15)10-8(13)4-3-7(12)11(10)14/h3-4,6,9H,5,15H2,1-2H3. The summed E-state index contributed by atoms with van der Waals surface area (Å²) in [6.07, 6.45) is 0.216. The molecule has 2 unspecified atom stereocenters. The minimum Gasteiger partial charge on any atom is -0.382 e. The maximum absolute atomic E-state index is 13.7. The largest absolute Gasteiger partial charge is 0.382 e. The summed E-state index contributed by atoms with van der Waals surface area (Å²) in [6, 6.07) is 1.80. The van der Waals surface area contributed by atoms with E-state index in [1.165, 1.54) is 19.2 Å². The molecule has 0 saturated heterocycles. The lowest BCUT2D eigenvalue weighted by Gasteiger charge is -2.18. The first-order valence-corrected chi connectivity index (χ1v) is 5.68. The number of hydrogen-bond donors (Lipinski definition) is 1. The van der Waals surface area contributed by atoms with Gasteiger partial charge in [0.1, 0.15) is 11.6 Å². The van der Waals surface area contributed by atoms with E-state index in [1.807, 2.05) is 0 Å². The van der Waals surface area contributed by atoms with E-state index in [9.17, 15) is 8.78 Å². The Morgan fingerprint density at radius 1 is 1.44 bits per heavy atom. The van der Waals surface area contributed by atoms with Gasteiger partial charge in [-0.05, 0) is 41.4 Å². The second kappa shape index (κ2) is 5.70. The molecule has 0 aliphatic heterocycles. The summed E-state index contributed by atoms with van der Waals surface area (Å²) in [6.45, 7) is 1.80. The fourth-order valence-corrected chi connectivity index (χ4v) is 1.80. The van der Waals surface area contributed by atoms with Crippen molar-refractivity contribution in [2.24, 2.45) is 5.73 Å². The van der Waals surface area contributed by atoms with E-state index >= 15 is 0 Å². The van der Waals surface area contributed by atoms with Gasteiger partial charge in [-0.25, -0.2) is 8.78 Å². The van der Waals surface area contributed by atoms with Crippen LogP contribution in [0.4, 0.5) is 8.78 Å². The summed E-state index contributed by atoms with van der Waals surface area (Å²) in [7, 11) is 1.53. The van der Waals surface area contributed by atoms with E-state index in [0.29, 0.717) is 6.42 Å². The molecule has 0 heterocycles. The third-order valence-corrected chi connectivity index (χ3v) is 3.05. The summed E-state index contributed by atoms with van der Waals surface area (Å²) < 4.78 is 32.3. The molecule has 0 radical (unpaired) electrons. The van der Waals surface area contributed by atoms with Gasteiger partial charge in [0, 0.05) is 18.7 Å². The van der Waals surface area contributed by atoms with Crippen LogP contribution in [-0.2, 0) is 4.74 Å². The van der Waals surface area contributed by atoms with Crippen molar-refractivity contribution in [3.8, 4) is 0 Å². The van der Waals surface area contributed by atoms with Gasteiger partial charge < -0.3 is 10.5 Å². The molecule has 0 aromatic heterocycles. The van der Waals surface area contributed by atoms with Crippen LogP contribution in [-0.4, -0.2) is 13.2 Å². The summed E-state index contributed by atoms with van der Waals surface area (Å²) in [5.74, 6) is -1.27. The smallest absolute Gasteiger partial charge is 0.145 e. The molecule has 1 aromatic carbocycles. The van der Waals surface area contributed by atoms with Crippen molar-refractivity contribution in [3.05, 3.63) is 33.8 Å². The third-order valence-electron chi connectivity index (χ3n) is 2.44. The molecule has 0 aliphatic carbocycles. The van der Waals surface area contributed by atoms with E-state index in [0.717, 1.165) is 0 Å². The quantitative estimate of drug-likeness (QED) is 0.866. The normalized spacial score (nSPS) is 14.9. The molecule has 1 rings (SSSR count). The highest BCUT2D eigenvalue weighted by Crippen LogP contribution is 2.28. The number of halogens is 3. The number of hydrogen-bond acceptors (Lipinski definition) is 2. The average Bonchev–Trinajstić information content (AvgIpc) is 2.24. The number of rotatable bonds is 4. The molecule has 2 nitrogen and oxygen atoms in total. The van der Waals surface area contributed by atoms with Gasteiger partial charge in [0.2, 0.25) is 0 Å². The molecule has 0 bridgehead atoms. The molecule has 0 aliphatic rings. The first kappa shape index (κ1) is 13.5. The zero-order chi connectivity index (χ0) is 12.3. The maximum atomic E-state index is 13.7. The molecule has 2 N–H and O–H groups in total. The highest BCUT2D eigenvalue weighted by atomic mass is 79.9. The van der Waals surface area contributed by atoms with Gasteiger partial charge in [0.15, 0.2) is 0 Å². The van der Waals surface area contributed by atoms with E-state index in [-0.39, 0.29) is 16.1 Å². The van der Waals surface area contributed by atoms with Crippen LogP contribution in [0.15, 0.2) is 16.6 Å². The van der Waals surface area contributed by atoms with Crippen LogP contribution in [0.25, 0.3) is 0 Å². The lowest BCUT2D eigenvalue weighted by Crippen LogP contribution is -2.20. The topological polar surface area (TPSA) is 35.2 Å². The predicted octanol–water partition coefficient (Wildman–Crippen LogP) is 3.15. The van der Waals surface area contributed by atoms with Gasteiger partial charge in [0.25, 0.3) is 0 Å². The number of benzene rings is 1. The zero-order valence-electron chi connectivity index (χ0n) is 9.14. The molecule has 0 saturated carbocycles. The molecular weight excluding hydrogens is 280 g/mol. The molecule has 0 amide bonds. The van der Waals surface area contributed by atoms with Crippen LogP contribution in [0, 0.1) is 11.6 Å². The van der Waals surface area contributed by atoms with Crippen molar-refractivity contribution in [2.45, 2.75) is 25.5 Å². The van der Waals surface area contributed by atoms with E-state index in [2.05, 4.69) is 15.9 Å². The summed E-state index contributed by atoms with van der Waals surface area (Å²) in [4.78, 5) is 0. The lowest BCUT2D eigenvalue weighted by atomic mass is 10.0. The Morgan fingerprint density at radius 2 is 2.06 bits per heavy atom. The monoisotopic (exact) mass is 293 g/mol. The highest BCUT2D eigenvalue weighted by Gasteiger charge is 2.20. The van der Waals surface area contributed by atoms with E-state index in [1.54, 1.807) is 6.92 Å². The number of nitrogens with two attached hydrogens (primary N) is 1. The molecule has 2 atom stereocenters. The van der Waals surface area contributed by atoms with Crippen LogP contribution in [0.3, 0.4) is 0 Å². The second-order valence-electron chi connectivity index (χ2n) is 3.65. The SMILES string of the molecule is COC(C)CC(N)c1c(F)ccc(Br)c1F. The van der Waals surface area contributed by atoms with Gasteiger partial charge in [-0.1, -0.05) is 0 Å². The van der Waals surface area contributed by atoms with Crippen molar-refractivity contribution in [1.82, 2.24) is 0 Å². The summed E-state index contributed by atoms with van der Waals surface area (Å²) in [5, 5.41) is 0. The minimum absolute atomic E-state index is 0.0988. The first-order valence-electron chi connectivity index (χ1n) is 4.89. The van der Waals surface area contributed by atoms with Crippen molar-refractivity contribution in [1.29, 1.82) is 0 Å². The van der Waals surface area contributed by atoms with E-state index < -0.39 is 17.7 Å². The number of ether oxygens (including phenoxy) is 1. The molecular formula is C11H14BrF2NO. The van der Waals surface area contributed by atoms with Crippen LogP contribution >= 0.6 is 15.9 Å². The van der Waals surface area contributed by atoms with Crippen LogP contribution < -0.4 is 5.73 Å². The predicted molar refractivity (Wildman–Crippen MR) is 62.1 cm³/mol. The van der Waals surface area contributed by atoms with Gasteiger partial charge in [-0.3, -0.25) is 0 Å². The zero-order valence-corrected chi connectivity index (χ0v) is 10.7. The van der Waals surface area contributed by atoms with Crippen LogP contribution in [0.5, 0.6) is 0 Å². The Kier molecular flexibility index (Phi) is 4.83. The Labute approximate surface area is 102 Å². The highest BCUT2D eigenvalue weighted by molar-refractivity contribution is 9.10. The third kappa shape index (κ3) is 2.99. The first-order chi connectivity index (χ1) is 7.47. The molecule has 90 valence electrons. The second-order valence-corrected chi connectivity index (χ2v) is 4.50. The van der Waals surface area contributed by atoms with Crippen molar-refractivity contribution >= 4 is 15.9 Å². The molecule has 1 aromatic rings. The Hall–Kier alpha value is -0.520. The van der Waals surface area contributed by atoms with Crippen LogP contribution in [0.1, 0.15) is 24.9 Å². The summed E-state index contributed by atoms with van der Waals surface area (Å²) >= 11 is 3.00. The lowest BCUT2D eigenvalue weighted by molar-refractivity contribution is 0.104. The maximum Gasteiger partial charge on any atom is 0.145 e. The van der Waals surface area contributed by atoms with E-state index in [4.69, 9.17) is 10.5 Å². The van der Waals surface area contributed by atoms with Crippen molar-refractivity contribution in [3.63, 3.8) is 0 Å². The van der Waals surface area contributed by atoms with Gasteiger partial charge >= 0.3 is 0 Å². The Bertz CT molecular complexity index is 373. The molecule has 0 fully saturated rings. The molecule has 0 spiro atoms. The Morgan fingerprint density at radius 3 is 2.62 bits per heavy atom. The fraction of sp³-hybridized carbons (Fsp3) is 0.455. The van der Waals surface area contributed by atoms with Crippen molar-refractivity contribution < 1.29 is 13.5 Å². The van der Waals surface area contributed by atoms with Crippen molar-refractivity contribution in [2.75, 3.05) is 7.11 Å². The molecule has 16 heavy (non-hydrogen) atoms. The minimum atomic E-state index is -0.715. The van der Waals surface area contributed by atoms with Crippen LogP contribution in [0.2, 0.25) is 0 Å². The fourth-order valence-electron chi connectivity index (χ4n) is 1.45. The summed E-state index contributed by atoms with van der Waals surface area (Å²) in [5.41, 5.74) is 5.66. The average molecular weight is 294 g/mol. The Balaban J connectivity index is 2.98. The van der Waals surface area contributed by atoms with Gasteiger partial charge in [-0.15, -0.1) is 0 Å². The molecule has 5 heteroatoms.